The van der Waals surface area contributed by atoms with Crippen molar-refractivity contribution in [3.63, 3.8) is 0 Å². The van der Waals surface area contributed by atoms with E-state index >= 15 is 0 Å². The second kappa shape index (κ2) is 7.57. The average Bonchev–Trinajstić information content (AvgIpc) is 2.57. The fourth-order valence-electron chi connectivity index (χ4n) is 3.20. The molecule has 2 fully saturated rings. The summed E-state index contributed by atoms with van der Waals surface area (Å²) in [5.41, 5.74) is 0. The lowest BCUT2D eigenvalue weighted by molar-refractivity contribution is 0.196. The molecule has 3 heterocycles. The van der Waals surface area contributed by atoms with E-state index in [4.69, 9.17) is 4.74 Å². The molecule has 22 heavy (non-hydrogen) atoms. The van der Waals surface area contributed by atoms with E-state index in [-0.39, 0.29) is 0 Å². The van der Waals surface area contributed by atoms with Crippen molar-refractivity contribution in [3.8, 4) is 5.88 Å². The Morgan fingerprint density at radius 1 is 1.27 bits per heavy atom. The number of hydrogen-bond acceptors (Lipinski definition) is 6. The molecule has 7 heteroatoms. The Morgan fingerprint density at radius 2 is 2.00 bits per heavy atom. The summed E-state index contributed by atoms with van der Waals surface area (Å²) in [6, 6.07) is 0. The van der Waals surface area contributed by atoms with E-state index < -0.39 is 0 Å². The van der Waals surface area contributed by atoms with Gasteiger partial charge in [-0.15, -0.1) is 0 Å². The van der Waals surface area contributed by atoms with Crippen molar-refractivity contribution in [1.29, 1.82) is 0 Å². The molecule has 0 saturated carbocycles. The standard InChI is InChI=1S/C15H24BrN5O/c1-22-14-13(16)10-18-15(19-14)21-8-6-20(7-9-21)11-12-2-4-17-5-3-12/h10,12,17H,2-9,11H2,1H3. The molecule has 0 bridgehead atoms. The summed E-state index contributed by atoms with van der Waals surface area (Å²) in [5, 5.41) is 3.44. The van der Waals surface area contributed by atoms with Gasteiger partial charge in [0.05, 0.1) is 17.8 Å². The lowest BCUT2D eigenvalue weighted by Gasteiger charge is -2.37. The number of piperidine rings is 1. The highest BCUT2D eigenvalue weighted by Crippen LogP contribution is 2.24. The monoisotopic (exact) mass is 369 g/mol. The van der Waals surface area contributed by atoms with Crippen molar-refractivity contribution < 1.29 is 4.74 Å². The molecule has 0 spiro atoms. The number of aromatic nitrogens is 2. The van der Waals surface area contributed by atoms with E-state index in [1.54, 1.807) is 13.3 Å². The molecular formula is C15H24BrN5O. The van der Waals surface area contributed by atoms with Crippen LogP contribution in [0, 0.1) is 5.92 Å². The Kier molecular flexibility index (Phi) is 5.49. The van der Waals surface area contributed by atoms with E-state index in [0.29, 0.717) is 5.88 Å². The molecule has 0 amide bonds. The van der Waals surface area contributed by atoms with E-state index in [1.807, 2.05) is 0 Å². The van der Waals surface area contributed by atoms with Crippen LogP contribution in [0.3, 0.4) is 0 Å². The Morgan fingerprint density at radius 3 is 2.68 bits per heavy atom. The summed E-state index contributed by atoms with van der Waals surface area (Å²) in [6.45, 7) is 7.73. The molecule has 2 aliphatic heterocycles. The molecule has 0 unspecified atom stereocenters. The van der Waals surface area contributed by atoms with E-state index in [2.05, 4.69) is 41.0 Å². The Labute approximate surface area is 140 Å². The Balaban J connectivity index is 1.52. The summed E-state index contributed by atoms with van der Waals surface area (Å²) in [5.74, 6) is 2.22. The lowest BCUT2D eigenvalue weighted by Crippen LogP contribution is -2.49. The van der Waals surface area contributed by atoms with Crippen LogP contribution in [0.2, 0.25) is 0 Å². The molecule has 1 N–H and O–H groups in total. The summed E-state index contributed by atoms with van der Waals surface area (Å²) in [6.07, 6.45) is 4.39. The first-order valence-electron chi connectivity index (χ1n) is 8.01. The maximum absolute atomic E-state index is 5.26. The summed E-state index contributed by atoms with van der Waals surface area (Å²) in [4.78, 5) is 13.7. The number of nitrogens with zero attached hydrogens (tertiary/aromatic N) is 4. The second-order valence-electron chi connectivity index (χ2n) is 6.01. The molecule has 0 atom stereocenters. The number of rotatable bonds is 4. The van der Waals surface area contributed by atoms with Gasteiger partial charge in [0.25, 0.3) is 0 Å². The molecule has 2 saturated heterocycles. The van der Waals surface area contributed by atoms with Gasteiger partial charge in [0.1, 0.15) is 0 Å². The molecule has 3 rings (SSSR count). The van der Waals surface area contributed by atoms with Gasteiger partial charge in [0.2, 0.25) is 11.8 Å². The van der Waals surface area contributed by atoms with Gasteiger partial charge in [-0.25, -0.2) is 4.98 Å². The van der Waals surface area contributed by atoms with Gasteiger partial charge >= 0.3 is 0 Å². The number of hydrogen-bond donors (Lipinski definition) is 1. The molecule has 0 aromatic carbocycles. The third kappa shape index (κ3) is 3.88. The van der Waals surface area contributed by atoms with Crippen LogP contribution in [-0.4, -0.2) is 67.8 Å². The number of methoxy groups -OCH3 is 1. The highest BCUT2D eigenvalue weighted by molar-refractivity contribution is 9.10. The molecular weight excluding hydrogens is 346 g/mol. The third-order valence-electron chi connectivity index (χ3n) is 4.52. The first-order chi connectivity index (χ1) is 10.8. The smallest absolute Gasteiger partial charge is 0.232 e. The van der Waals surface area contributed by atoms with Crippen LogP contribution in [0.25, 0.3) is 0 Å². The van der Waals surface area contributed by atoms with E-state index in [0.717, 1.165) is 42.5 Å². The van der Waals surface area contributed by atoms with Crippen molar-refractivity contribution in [1.82, 2.24) is 20.2 Å². The minimum Gasteiger partial charge on any atom is -0.480 e. The third-order valence-corrected chi connectivity index (χ3v) is 5.07. The first kappa shape index (κ1) is 16.0. The highest BCUT2D eigenvalue weighted by atomic mass is 79.9. The first-order valence-corrected chi connectivity index (χ1v) is 8.80. The minimum atomic E-state index is 0.599. The van der Waals surface area contributed by atoms with Gasteiger partial charge in [0.15, 0.2) is 0 Å². The molecule has 1 aromatic rings. The predicted molar refractivity (Wildman–Crippen MR) is 90.5 cm³/mol. The van der Waals surface area contributed by atoms with Crippen molar-refractivity contribution >= 4 is 21.9 Å². The average molecular weight is 370 g/mol. The topological polar surface area (TPSA) is 53.5 Å². The van der Waals surface area contributed by atoms with Gasteiger partial charge in [-0.2, -0.15) is 4.98 Å². The summed E-state index contributed by atoms with van der Waals surface area (Å²) >= 11 is 3.40. The van der Waals surface area contributed by atoms with Gasteiger partial charge < -0.3 is 15.0 Å². The number of piperazine rings is 1. The van der Waals surface area contributed by atoms with Crippen LogP contribution in [0.1, 0.15) is 12.8 Å². The maximum Gasteiger partial charge on any atom is 0.232 e. The largest absolute Gasteiger partial charge is 0.480 e. The van der Waals surface area contributed by atoms with Crippen LogP contribution in [-0.2, 0) is 0 Å². The summed E-state index contributed by atoms with van der Waals surface area (Å²) < 4.78 is 6.05. The maximum atomic E-state index is 5.26. The fraction of sp³-hybridized carbons (Fsp3) is 0.733. The lowest BCUT2D eigenvalue weighted by atomic mass is 9.97. The zero-order valence-corrected chi connectivity index (χ0v) is 14.7. The van der Waals surface area contributed by atoms with Gasteiger partial charge in [0, 0.05) is 32.7 Å². The normalized spacial score (nSPS) is 21.1. The Hall–Kier alpha value is -0.920. The van der Waals surface area contributed by atoms with Gasteiger partial charge in [-0.1, -0.05) is 0 Å². The zero-order valence-electron chi connectivity index (χ0n) is 13.1. The molecule has 122 valence electrons. The van der Waals surface area contributed by atoms with Crippen molar-refractivity contribution in [2.45, 2.75) is 12.8 Å². The molecule has 2 aliphatic rings. The minimum absolute atomic E-state index is 0.599. The van der Waals surface area contributed by atoms with Crippen molar-refractivity contribution in [2.75, 3.05) is 57.8 Å². The SMILES string of the molecule is COc1nc(N2CCN(CC3CCNCC3)CC2)ncc1Br. The van der Waals surface area contributed by atoms with Crippen LogP contribution in [0.15, 0.2) is 10.7 Å². The van der Waals surface area contributed by atoms with Crippen LogP contribution >= 0.6 is 15.9 Å². The quantitative estimate of drug-likeness (QED) is 0.864. The number of nitrogens with one attached hydrogen (secondary N) is 1. The molecule has 1 aromatic heterocycles. The van der Waals surface area contributed by atoms with Crippen LogP contribution < -0.4 is 15.0 Å². The Bertz CT molecular complexity index is 487. The van der Waals surface area contributed by atoms with E-state index in [1.165, 1.54) is 32.5 Å². The fourth-order valence-corrected chi connectivity index (χ4v) is 3.55. The second-order valence-corrected chi connectivity index (χ2v) is 6.86. The molecule has 6 nitrogen and oxygen atoms in total. The van der Waals surface area contributed by atoms with Crippen molar-refractivity contribution in [2.24, 2.45) is 5.92 Å². The number of halogens is 1. The molecule has 0 aliphatic carbocycles. The number of ether oxygens (including phenoxy) is 1. The molecule has 0 radical (unpaired) electrons. The van der Waals surface area contributed by atoms with Gasteiger partial charge in [-0.3, -0.25) is 4.90 Å². The zero-order chi connectivity index (χ0) is 15.4. The van der Waals surface area contributed by atoms with Crippen LogP contribution in [0.4, 0.5) is 5.95 Å². The van der Waals surface area contributed by atoms with E-state index in [9.17, 15) is 0 Å². The number of anilines is 1. The predicted octanol–water partition coefficient (Wildman–Crippen LogP) is 1.37. The van der Waals surface area contributed by atoms with Crippen LogP contribution in [0.5, 0.6) is 5.88 Å². The van der Waals surface area contributed by atoms with Gasteiger partial charge in [-0.05, 0) is 47.8 Å². The summed E-state index contributed by atoms with van der Waals surface area (Å²) in [7, 11) is 1.63. The highest BCUT2D eigenvalue weighted by Gasteiger charge is 2.23. The van der Waals surface area contributed by atoms with Crippen molar-refractivity contribution in [3.05, 3.63) is 10.7 Å².